The largest absolute Gasteiger partial charge is 0.389 e. The molecular weight excluding hydrogens is 174 g/mol. The molecule has 1 N–H and O–H groups in total. The van der Waals surface area contributed by atoms with E-state index in [1.54, 1.807) is 0 Å². The summed E-state index contributed by atoms with van der Waals surface area (Å²) in [6, 6.07) is 0.634. The Morgan fingerprint density at radius 2 is 2.00 bits per heavy atom. The molecular formula is C12H25NO. The molecule has 0 bridgehead atoms. The van der Waals surface area contributed by atoms with Crippen LogP contribution in [0.2, 0.25) is 0 Å². The standard InChI is InChI=1S/C12H25NO/c1-9(2)12(5,14)8-13-7-10(3)6-11(13)4/h9-11,14H,6-8H2,1-5H3. The fourth-order valence-corrected chi connectivity index (χ4v) is 2.20. The summed E-state index contributed by atoms with van der Waals surface area (Å²) < 4.78 is 0. The van der Waals surface area contributed by atoms with Crippen molar-refractivity contribution in [1.29, 1.82) is 0 Å². The molecule has 1 aliphatic heterocycles. The Hall–Kier alpha value is -0.0800. The molecule has 1 heterocycles. The summed E-state index contributed by atoms with van der Waals surface area (Å²) in [7, 11) is 0. The van der Waals surface area contributed by atoms with E-state index in [0.29, 0.717) is 12.0 Å². The van der Waals surface area contributed by atoms with E-state index in [1.165, 1.54) is 6.42 Å². The Bertz CT molecular complexity index is 189. The van der Waals surface area contributed by atoms with Gasteiger partial charge in [0.15, 0.2) is 0 Å². The lowest BCUT2D eigenvalue weighted by atomic mass is 9.92. The second-order valence-electron chi connectivity index (χ2n) is 5.63. The monoisotopic (exact) mass is 199 g/mol. The van der Waals surface area contributed by atoms with Crippen molar-refractivity contribution in [1.82, 2.24) is 4.90 Å². The highest BCUT2D eigenvalue weighted by Crippen LogP contribution is 2.26. The molecule has 0 saturated carbocycles. The molecule has 1 rings (SSSR count). The van der Waals surface area contributed by atoms with Crippen LogP contribution in [0.5, 0.6) is 0 Å². The summed E-state index contributed by atoms with van der Waals surface area (Å²) in [5, 5.41) is 10.2. The molecule has 84 valence electrons. The van der Waals surface area contributed by atoms with Gasteiger partial charge in [-0.1, -0.05) is 20.8 Å². The molecule has 0 aromatic rings. The second-order valence-corrected chi connectivity index (χ2v) is 5.63. The number of rotatable bonds is 3. The minimum Gasteiger partial charge on any atom is -0.389 e. The molecule has 1 aliphatic rings. The van der Waals surface area contributed by atoms with Crippen molar-refractivity contribution in [2.75, 3.05) is 13.1 Å². The van der Waals surface area contributed by atoms with Crippen LogP contribution in [-0.4, -0.2) is 34.7 Å². The van der Waals surface area contributed by atoms with Gasteiger partial charge in [-0.2, -0.15) is 0 Å². The Morgan fingerprint density at radius 3 is 2.36 bits per heavy atom. The van der Waals surface area contributed by atoms with Crippen LogP contribution in [0.25, 0.3) is 0 Å². The number of likely N-dealkylation sites (tertiary alicyclic amines) is 1. The van der Waals surface area contributed by atoms with Gasteiger partial charge in [-0.25, -0.2) is 0 Å². The first-order valence-electron chi connectivity index (χ1n) is 5.79. The van der Waals surface area contributed by atoms with Gasteiger partial charge in [0.2, 0.25) is 0 Å². The van der Waals surface area contributed by atoms with E-state index in [-0.39, 0.29) is 0 Å². The molecule has 3 atom stereocenters. The molecule has 0 aromatic carbocycles. The van der Waals surface area contributed by atoms with Crippen molar-refractivity contribution in [3.63, 3.8) is 0 Å². The number of aliphatic hydroxyl groups is 1. The van der Waals surface area contributed by atoms with Gasteiger partial charge < -0.3 is 5.11 Å². The number of nitrogens with zero attached hydrogens (tertiary/aromatic N) is 1. The van der Waals surface area contributed by atoms with Crippen molar-refractivity contribution < 1.29 is 5.11 Å². The summed E-state index contributed by atoms with van der Waals surface area (Å²) in [4.78, 5) is 2.42. The third-order valence-corrected chi connectivity index (χ3v) is 3.68. The zero-order valence-electron chi connectivity index (χ0n) is 10.2. The minimum absolute atomic E-state index is 0.325. The summed E-state index contributed by atoms with van der Waals surface area (Å²) in [5.74, 6) is 1.11. The predicted molar refractivity (Wildman–Crippen MR) is 60.3 cm³/mol. The van der Waals surface area contributed by atoms with E-state index in [0.717, 1.165) is 19.0 Å². The smallest absolute Gasteiger partial charge is 0.0768 e. The number of hydrogen-bond acceptors (Lipinski definition) is 2. The van der Waals surface area contributed by atoms with E-state index in [4.69, 9.17) is 0 Å². The van der Waals surface area contributed by atoms with Crippen LogP contribution < -0.4 is 0 Å². The van der Waals surface area contributed by atoms with Gasteiger partial charge in [-0.3, -0.25) is 4.90 Å². The van der Waals surface area contributed by atoms with Crippen LogP contribution in [0.4, 0.5) is 0 Å². The summed E-state index contributed by atoms with van der Waals surface area (Å²) in [5.41, 5.74) is -0.543. The molecule has 2 heteroatoms. The molecule has 1 fully saturated rings. The maximum Gasteiger partial charge on any atom is 0.0768 e. The van der Waals surface area contributed by atoms with E-state index < -0.39 is 5.60 Å². The van der Waals surface area contributed by atoms with Crippen LogP contribution in [0, 0.1) is 11.8 Å². The highest BCUT2D eigenvalue weighted by atomic mass is 16.3. The minimum atomic E-state index is -0.543. The maximum atomic E-state index is 10.2. The highest BCUT2D eigenvalue weighted by Gasteiger charge is 2.33. The van der Waals surface area contributed by atoms with Crippen molar-refractivity contribution in [3.05, 3.63) is 0 Å². The average Bonchev–Trinajstić information content (AvgIpc) is 2.29. The van der Waals surface area contributed by atoms with E-state index in [2.05, 4.69) is 32.6 Å². The molecule has 0 amide bonds. The number of β-amino-alcohol motifs (C(OH)–C–C–N with tert-alkyl or cyclic N) is 1. The summed E-state index contributed by atoms with van der Waals surface area (Å²) >= 11 is 0. The molecule has 3 unspecified atom stereocenters. The first-order chi connectivity index (χ1) is 6.33. The fraction of sp³-hybridized carbons (Fsp3) is 1.00. The quantitative estimate of drug-likeness (QED) is 0.752. The Kier molecular flexibility index (Phi) is 3.59. The van der Waals surface area contributed by atoms with Gasteiger partial charge in [-0.15, -0.1) is 0 Å². The van der Waals surface area contributed by atoms with Gasteiger partial charge in [0.05, 0.1) is 5.60 Å². The van der Waals surface area contributed by atoms with Crippen LogP contribution >= 0.6 is 0 Å². The SMILES string of the molecule is CC1CC(C)N(CC(C)(O)C(C)C)C1. The Morgan fingerprint density at radius 1 is 1.43 bits per heavy atom. The average molecular weight is 199 g/mol. The molecule has 0 aliphatic carbocycles. The van der Waals surface area contributed by atoms with Crippen molar-refractivity contribution >= 4 is 0 Å². The van der Waals surface area contributed by atoms with Crippen LogP contribution in [0.15, 0.2) is 0 Å². The lowest BCUT2D eigenvalue weighted by Crippen LogP contribution is -2.45. The van der Waals surface area contributed by atoms with Gasteiger partial charge >= 0.3 is 0 Å². The third-order valence-electron chi connectivity index (χ3n) is 3.68. The van der Waals surface area contributed by atoms with Gasteiger partial charge in [-0.05, 0) is 32.1 Å². The molecule has 0 aromatic heterocycles. The molecule has 0 spiro atoms. The third kappa shape index (κ3) is 2.71. The molecule has 1 saturated heterocycles. The predicted octanol–water partition coefficient (Wildman–Crippen LogP) is 2.12. The van der Waals surface area contributed by atoms with Gasteiger partial charge in [0, 0.05) is 19.1 Å². The highest BCUT2D eigenvalue weighted by molar-refractivity contribution is 4.87. The first-order valence-corrected chi connectivity index (χ1v) is 5.79. The molecule has 14 heavy (non-hydrogen) atoms. The van der Waals surface area contributed by atoms with Crippen molar-refractivity contribution in [2.24, 2.45) is 11.8 Å². The van der Waals surface area contributed by atoms with Crippen molar-refractivity contribution in [3.8, 4) is 0 Å². The van der Waals surface area contributed by atoms with Crippen molar-refractivity contribution in [2.45, 2.75) is 52.7 Å². The normalized spacial score (nSPS) is 33.6. The van der Waals surface area contributed by atoms with Crippen LogP contribution in [0.1, 0.15) is 41.0 Å². The van der Waals surface area contributed by atoms with Crippen LogP contribution in [-0.2, 0) is 0 Å². The topological polar surface area (TPSA) is 23.5 Å². The maximum absolute atomic E-state index is 10.2. The lowest BCUT2D eigenvalue weighted by molar-refractivity contribution is -0.0208. The first kappa shape index (κ1) is 12.0. The van der Waals surface area contributed by atoms with Crippen LogP contribution in [0.3, 0.4) is 0 Å². The van der Waals surface area contributed by atoms with Gasteiger partial charge in [0.25, 0.3) is 0 Å². The van der Waals surface area contributed by atoms with E-state index in [9.17, 15) is 5.11 Å². The summed E-state index contributed by atoms with van der Waals surface area (Å²) in [6.07, 6.45) is 1.27. The van der Waals surface area contributed by atoms with Gasteiger partial charge in [0.1, 0.15) is 0 Å². The Labute approximate surface area is 88.3 Å². The lowest BCUT2D eigenvalue weighted by Gasteiger charge is -2.34. The number of hydrogen-bond donors (Lipinski definition) is 1. The second kappa shape index (κ2) is 4.19. The molecule has 2 nitrogen and oxygen atoms in total. The zero-order chi connectivity index (χ0) is 10.9. The summed E-state index contributed by atoms with van der Waals surface area (Å²) in [6.45, 7) is 12.6. The van der Waals surface area contributed by atoms with E-state index in [1.807, 2.05) is 6.92 Å². The Balaban J connectivity index is 2.52. The zero-order valence-corrected chi connectivity index (χ0v) is 10.2. The fourth-order valence-electron chi connectivity index (χ4n) is 2.20. The molecule has 0 radical (unpaired) electrons. The van der Waals surface area contributed by atoms with E-state index >= 15 is 0 Å².